The van der Waals surface area contributed by atoms with Gasteiger partial charge >= 0.3 is 14.5 Å². The molecule has 3 aromatic carbocycles. The highest BCUT2D eigenvalue weighted by Gasteiger charge is 2.48. The third-order valence-electron chi connectivity index (χ3n) is 4.38. The van der Waals surface area contributed by atoms with Crippen LogP contribution in [0, 0.1) is 0 Å². The largest absolute Gasteiger partial charge is 0.514 e. The van der Waals surface area contributed by atoms with Crippen molar-refractivity contribution < 1.29 is 18.4 Å². The van der Waals surface area contributed by atoms with Gasteiger partial charge in [-0.1, -0.05) is 60.7 Å². The molecule has 5 heteroatoms. The van der Waals surface area contributed by atoms with Gasteiger partial charge in [-0.3, -0.25) is 0 Å². The number of carbonyl (C=O) groups is 1. The summed E-state index contributed by atoms with van der Waals surface area (Å²) < 4.78 is 18.5. The van der Waals surface area contributed by atoms with Gasteiger partial charge in [0.15, 0.2) is 0 Å². The molecule has 0 bridgehead atoms. The number of esters is 1. The molecular weight excluding hydrogens is 392 g/mol. The van der Waals surface area contributed by atoms with E-state index in [0.717, 1.165) is 10.4 Å². The lowest BCUT2D eigenvalue weighted by atomic mass is 10.2. The van der Waals surface area contributed by atoms with Crippen LogP contribution in [0.5, 0.6) is 5.75 Å². The SMILES string of the molecule is CCOC(=O)c1ccc(O[Si](OC(C)(C)C)(c2ccccc2)c2ccccc2)cc1. The minimum absolute atomic E-state index is 0.342. The Kier molecular flexibility index (Phi) is 6.75. The highest BCUT2D eigenvalue weighted by molar-refractivity contribution is 6.93. The molecule has 0 fully saturated rings. The topological polar surface area (TPSA) is 44.8 Å². The zero-order chi connectivity index (χ0) is 21.6. The van der Waals surface area contributed by atoms with Crippen molar-refractivity contribution >= 4 is 24.9 Å². The maximum Gasteiger partial charge on any atom is 0.469 e. The molecule has 0 spiro atoms. The van der Waals surface area contributed by atoms with E-state index >= 15 is 0 Å². The molecule has 0 amide bonds. The summed E-state index contributed by atoms with van der Waals surface area (Å²) in [5.74, 6) is 0.302. The number of hydrogen-bond donors (Lipinski definition) is 0. The van der Waals surface area contributed by atoms with E-state index < -0.39 is 14.2 Å². The van der Waals surface area contributed by atoms with Crippen molar-refractivity contribution in [1.29, 1.82) is 0 Å². The summed E-state index contributed by atoms with van der Waals surface area (Å²) in [6, 6.07) is 27.2. The van der Waals surface area contributed by atoms with Crippen molar-refractivity contribution in [2.75, 3.05) is 6.61 Å². The summed E-state index contributed by atoms with van der Waals surface area (Å²) in [6.07, 6.45) is 0. The summed E-state index contributed by atoms with van der Waals surface area (Å²) in [6.45, 7) is 8.24. The third kappa shape index (κ3) is 5.17. The monoisotopic (exact) mass is 420 g/mol. The Hall–Kier alpha value is -2.89. The predicted molar refractivity (Wildman–Crippen MR) is 122 cm³/mol. The van der Waals surface area contributed by atoms with Gasteiger partial charge in [0.05, 0.1) is 17.8 Å². The van der Waals surface area contributed by atoms with Crippen LogP contribution in [0.15, 0.2) is 84.9 Å². The second kappa shape index (κ2) is 9.28. The molecule has 0 saturated heterocycles. The molecule has 0 aliphatic rings. The minimum atomic E-state index is -3.10. The van der Waals surface area contributed by atoms with E-state index in [9.17, 15) is 4.79 Å². The molecule has 0 heterocycles. The molecule has 0 aliphatic carbocycles. The Morgan fingerprint density at radius 3 is 1.73 bits per heavy atom. The van der Waals surface area contributed by atoms with Crippen LogP contribution in [-0.2, 0) is 9.16 Å². The fraction of sp³-hybridized carbons (Fsp3) is 0.240. The fourth-order valence-electron chi connectivity index (χ4n) is 3.21. The van der Waals surface area contributed by atoms with Gasteiger partial charge in [-0.2, -0.15) is 0 Å². The molecule has 0 aromatic heterocycles. The van der Waals surface area contributed by atoms with Crippen molar-refractivity contribution in [3.8, 4) is 5.75 Å². The number of ether oxygens (including phenoxy) is 1. The Morgan fingerprint density at radius 1 is 0.800 bits per heavy atom. The number of benzene rings is 3. The first-order valence-electron chi connectivity index (χ1n) is 10.1. The maximum absolute atomic E-state index is 12.0. The van der Waals surface area contributed by atoms with Crippen LogP contribution < -0.4 is 14.8 Å². The molecule has 0 atom stereocenters. The van der Waals surface area contributed by atoms with Crippen molar-refractivity contribution in [1.82, 2.24) is 0 Å². The second-order valence-corrected chi connectivity index (χ2v) is 10.7. The first-order valence-corrected chi connectivity index (χ1v) is 11.9. The molecule has 3 rings (SSSR count). The molecule has 156 valence electrons. The van der Waals surface area contributed by atoms with E-state index in [0.29, 0.717) is 17.9 Å². The first-order chi connectivity index (χ1) is 14.3. The number of hydrogen-bond acceptors (Lipinski definition) is 4. The predicted octanol–water partition coefficient (Wildman–Crippen LogP) is 4.31. The van der Waals surface area contributed by atoms with Crippen molar-refractivity contribution in [2.45, 2.75) is 33.3 Å². The molecule has 4 nitrogen and oxygen atoms in total. The lowest BCUT2D eigenvalue weighted by molar-refractivity contribution is 0.0526. The van der Waals surface area contributed by atoms with Gasteiger partial charge in [0, 0.05) is 10.4 Å². The van der Waals surface area contributed by atoms with Crippen LogP contribution in [0.25, 0.3) is 0 Å². The van der Waals surface area contributed by atoms with Gasteiger partial charge in [0.25, 0.3) is 0 Å². The summed E-state index contributed by atoms with van der Waals surface area (Å²) in [5, 5.41) is 2.03. The van der Waals surface area contributed by atoms with Crippen LogP contribution in [0.3, 0.4) is 0 Å². The van der Waals surface area contributed by atoms with E-state index in [2.05, 4.69) is 24.3 Å². The molecular formula is C25H28O4Si. The lowest BCUT2D eigenvalue weighted by Gasteiger charge is -2.37. The molecule has 30 heavy (non-hydrogen) atoms. The Labute approximate surface area is 179 Å². The average molecular weight is 421 g/mol. The van der Waals surface area contributed by atoms with Crippen molar-refractivity contribution in [3.05, 3.63) is 90.5 Å². The first kappa shape index (κ1) is 21.8. The molecule has 3 aromatic rings. The zero-order valence-electron chi connectivity index (χ0n) is 17.9. The van der Waals surface area contributed by atoms with Crippen molar-refractivity contribution in [2.24, 2.45) is 0 Å². The van der Waals surface area contributed by atoms with Crippen molar-refractivity contribution in [3.63, 3.8) is 0 Å². The van der Waals surface area contributed by atoms with Gasteiger partial charge in [-0.05, 0) is 52.0 Å². The van der Waals surface area contributed by atoms with E-state index in [-0.39, 0.29) is 5.97 Å². The van der Waals surface area contributed by atoms with E-state index in [1.54, 1.807) is 31.2 Å². The molecule has 0 saturated carbocycles. The van der Waals surface area contributed by atoms with Crippen LogP contribution in [0.1, 0.15) is 38.1 Å². The summed E-state index contributed by atoms with van der Waals surface area (Å²) in [4.78, 5) is 12.0. The molecule has 0 radical (unpaired) electrons. The Balaban J connectivity index is 2.08. The second-order valence-electron chi connectivity index (χ2n) is 7.91. The number of rotatable bonds is 7. The highest BCUT2D eigenvalue weighted by Crippen LogP contribution is 2.23. The minimum Gasteiger partial charge on any atom is -0.514 e. The van der Waals surface area contributed by atoms with Gasteiger partial charge in [-0.15, -0.1) is 0 Å². The van der Waals surface area contributed by atoms with E-state index in [4.69, 9.17) is 13.6 Å². The van der Waals surface area contributed by atoms with Crippen LogP contribution in [-0.4, -0.2) is 26.7 Å². The molecule has 0 aliphatic heterocycles. The summed E-state index contributed by atoms with van der Waals surface area (Å²) >= 11 is 0. The lowest BCUT2D eigenvalue weighted by Crippen LogP contribution is -2.68. The average Bonchev–Trinajstić information content (AvgIpc) is 2.74. The van der Waals surface area contributed by atoms with Crippen LogP contribution in [0.4, 0.5) is 0 Å². The van der Waals surface area contributed by atoms with E-state index in [1.165, 1.54) is 0 Å². The van der Waals surface area contributed by atoms with Gasteiger partial charge in [-0.25, -0.2) is 4.79 Å². The Bertz CT molecular complexity index is 908. The van der Waals surface area contributed by atoms with Gasteiger partial charge in [0.1, 0.15) is 5.75 Å². The van der Waals surface area contributed by atoms with Crippen LogP contribution in [0.2, 0.25) is 0 Å². The summed E-state index contributed by atoms with van der Waals surface area (Å²) in [7, 11) is -3.10. The zero-order valence-corrected chi connectivity index (χ0v) is 18.9. The van der Waals surface area contributed by atoms with Crippen LogP contribution >= 0.6 is 0 Å². The maximum atomic E-state index is 12.0. The molecule has 0 unspecified atom stereocenters. The third-order valence-corrected chi connectivity index (χ3v) is 7.99. The number of carbonyl (C=O) groups excluding carboxylic acids is 1. The normalized spacial score (nSPS) is 11.7. The summed E-state index contributed by atoms with van der Waals surface area (Å²) in [5.41, 5.74) is 0.0654. The highest BCUT2D eigenvalue weighted by atomic mass is 28.4. The van der Waals surface area contributed by atoms with E-state index in [1.807, 2.05) is 57.2 Å². The van der Waals surface area contributed by atoms with Gasteiger partial charge in [0.2, 0.25) is 0 Å². The quantitative estimate of drug-likeness (QED) is 0.422. The fourth-order valence-corrected chi connectivity index (χ4v) is 6.65. The Morgan fingerprint density at radius 2 is 1.30 bits per heavy atom. The standard InChI is InChI=1S/C25H28O4Si/c1-5-27-24(26)20-16-18-21(19-17-20)28-30(29-25(2,3)4,22-12-8-6-9-13-22)23-14-10-7-11-15-23/h6-19H,5H2,1-4H3. The van der Waals surface area contributed by atoms with Gasteiger partial charge < -0.3 is 13.6 Å². The smallest absolute Gasteiger partial charge is 0.469 e. The molecule has 0 N–H and O–H groups in total.